The van der Waals surface area contributed by atoms with E-state index >= 15 is 0 Å². The van der Waals surface area contributed by atoms with Gasteiger partial charge in [-0.2, -0.15) is 0 Å². The molecule has 0 aliphatic carbocycles. The van der Waals surface area contributed by atoms with Gasteiger partial charge < -0.3 is 4.74 Å². The van der Waals surface area contributed by atoms with Gasteiger partial charge in [0, 0.05) is 0 Å². The summed E-state index contributed by atoms with van der Waals surface area (Å²) in [6.07, 6.45) is 2.38. The topological polar surface area (TPSA) is 9.23 Å². The first kappa shape index (κ1) is 12.7. The first-order chi connectivity index (χ1) is 8.74. The number of para-hydroxylation sites is 1. The largest absolute Gasteiger partial charge is 0.457 e. The van der Waals surface area contributed by atoms with Gasteiger partial charge in [0.25, 0.3) is 0 Å². The van der Waals surface area contributed by atoms with Crippen LogP contribution < -0.4 is 4.74 Å². The van der Waals surface area contributed by atoms with Gasteiger partial charge in [-0.1, -0.05) is 44.2 Å². The van der Waals surface area contributed by atoms with Crippen LogP contribution in [0, 0.1) is 5.92 Å². The molecule has 0 bridgehead atoms. The van der Waals surface area contributed by atoms with Crippen LogP contribution in [0.15, 0.2) is 54.6 Å². The molecule has 0 atom stereocenters. The Labute approximate surface area is 109 Å². The zero-order valence-corrected chi connectivity index (χ0v) is 11.1. The van der Waals surface area contributed by atoms with E-state index in [1.807, 2.05) is 42.5 Å². The van der Waals surface area contributed by atoms with Crippen LogP contribution in [0.5, 0.6) is 11.5 Å². The lowest BCUT2D eigenvalue weighted by Crippen LogP contribution is -1.92. The number of hydrogen-bond acceptors (Lipinski definition) is 1. The fourth-order valence-electron chi connectivity index (χ4n) is 1.80. The van der Waals surface area contributed by atoms with Crippen LogP contribution in [0.3, 0.4) is 0 Å². The summed E-state index contributed by atoms with van der Waals surface area (Å²) in [7, 11) is 0. The second kappa shape index (κ2) is 6.25. The van der Waals surface area contributed by atoms with Gasteiger partial charge in [-0.05, 0) is 48.6 Å². The highest BCUT2D eigenvalue weighted by molar-refractivity contribution is 5.32. The molecule has 0 amide bonds. The highest BCUT2D eigenvalue weighted by Gasteiger charge is 1.99. The minimum Gasteiger partial charge on any atom is -0.457 e. The summed E-state index contributed by atoms with van der Waals surface area (Å²) < 4.78 is 5.76. The van der Waals surface area contributed by atoms with Gasteiger partial charge in [-0.15, -0.1) is 0 Å². The summed E-state index contributed by atoms with van der Waals surface area (Å²) in [6.45, 7) is 4.51. The first-order valence-electron chi connectivity index (χ1n) is 6.56. The van der Waals surface area contributed by atoms with Crippen LogP contribution >= 0.6 is 0 Å². The zero-order chi connectivity index (χ0) is 12.8. The molecule has 0 aliphatic heterocycles. The third-order valence-corrected chi connectivity index (χ3v) is 2.91. The van der Waals surface area contributed by atoms with E-state index in [9.17, 15) is 0 Å². The van der Waals surface area contributed by atoms with Crippen molar-refractivity contribution in [1.82, 2.24) is 0 Å². The van der Waals surface area contributed by atoms with E-state index in [4.69, 9.17) is 4.74 Å². The standard InChI is InChI=1S/C17H20O/c1-14(2)8-9-15-10-12-17(13-11-15)18-16-6-4-3-5-7-16/h3-7,10-14H,8-9H2,1-2H3. The molecule has 0 radical (unpaired) electrons. The zero-order valence-electron chi connectivity index (χ0n) is 11.1. The third kappa shape index (κ3) is 3.92. The van der Waals surface area contributed by atoms with Crippen LogP contribution in [0.1, 0.15) is 25.8 Å². The van der Waals surface area contributed by atoms with Crippen molar-refractivity contribution < 1.29 is 4.74 Å². The molecule has 0 N–H and O–H groups in total. The Morgan fingerprint density at radius 1 is 0.833 bits per heavy atom. The number of ether oxygens (including phenoxy) is 1. The van der Waals surface area contributed by atoms with Gasteiger partial charge in [0.2, 0.25) is 0 Å². The summed E-state index contributed by atoms with van der Waals surface area (Å²) in [6, 6.07) is 18.3. The van der Waals surface area contributed by atoms with Crippen LogP contribution in [-0.4, -0.2) is 0 Å². The Hall–Kier alpha value is -1.76. The Kier molecular flexibility index (Phi) is 4.40. The van der Waals surface area contributed by atoms with E-state index in [2.05, 4.69) is 26.0 Å². The predicted molar refractivity (Wildman–Crippen MR) is 76.1 cm³/mol. The fraction of sp³-hybridized carbons (Fsp3) is 0.294. The quantitative estimate of drug-likeness (QED) is 0.709. The van der Waals surface area contributed by atoms with Crippen LogP contribution in [0.4, 0.5) is 0 Å². The summed E-state index contributed by atoms with van der Waals surface area (Å²) in [5, 5.41) is 0. The van der Waals surface area contributed by atoms with E-state index in [1.54, 1.807) is 0 Å². The maximum absolute atomic E-state index is 5.76. The second-order valence-electron chi connectivity index (χ2n) is 4.99. The number of hydrogen-bond donors (Lipinski definition) is 0. The van der Waals surface area contributed by atoms with Crippen LogP contribution in [-0.2, 0) is 6.42 Å². The molecule has 0 fully saturated rings. The molecule has 0 saturated heterocycles. The van der Waals surface area contributed by atoms with Gasteiger partial charge in [0.05, 0.1) is 0 Å². The molecule has 2 aromatic carbocycles. The predicted octanol–water partition coefficient (Wildman–Crippen LogP) is 5.07. The lowest BCUT2D eigenvalue weighted by molar-refractivity contribution is 0.482. The lowest BCUT2D eigenvalue weighted by Gasteiger charge is -2.07. The Bertz CT molecular complexity index is 457. The maximum Gasteiger partial charge on any atom is 0.127 e. The van der Waals surface area contributed by atoms with Gasteiger partial charge >= 0.3 is 0 Å². The fourth-order valence-corrected chi connectivity index (χ4v) is 1.80. The van der Waals surface area contributed by atoms with Crippen molar-refractivity contribution in [2.75, 3.05) is 0 Å². The van der Waals surface area contributed by atoms with Crippen molar-refractivity contribution in [3.8, 4) is 11.5 Å². The van der Waals surface area contributed by atoms with E-state index in [0.717, 1.165) is 23.8 Å². The summed E-state index contributed by atoms with van der Waals surface area (Å²) in [4.78, 5) is 0. The highest BCUT2D eigenvalue weighted by atomic mass is 16.5. The SMILES string of the molecule is CC(C)CCc1ccc(Oc2ccccc2)cc1. The molecular weight excluding hydrogens is 220 g/mol. The third-order valence-electron chi connectivity index (χ3n) is 2.91. The molecule has 2 rings (SSSR count). The molecular formula is C17H20O. The molecule has 0 spiro atoms. The molecule has 0 unspecified atom stereocenters. The van der Waals surface area contributed by atoms with Crippen molar-refractivity contribution in [1.29, 1.82) is 0 Å². The van der Waals surface area contributed by atoms with Crippen molar-refractivity contribution in [3.05, 3.63) is 60.2 Å². The summed E-state index contributed by atoms with van der Waals surface area (Å²) >= 11 is 0. The Balaban J connectivity index is 1.95. The Morgan fingerprint density at radius 2 is 1.44 bits per heavy atom. The van der Waals surface area contributed by atoms with E-state index in [0.29, 0.717) is 0 Å². The smallest absolute Gasteiger partial charge is 0.127 e. The molecule has 1 heteroatoms. The maximum atomic E-state index is 5.76. The van der Waals surface area contributed by atoms with E-state index in [1.165, 1.54) is 12.0 Å². The highest BCUT2D eigenvalue weighted by Crippen LogP contribution is 2.21. The van der Waals surface area contributed by atoms with E-state index < -0.39 is 0 Å². The molecule has 0 heterocycles. The Morgan fingerprint density at radius 3 is 2.06 bits per heavy atom. The monoisotopic (exact) mass is 240 g/mol. The van der Waals surface area contributed by atoms with Crippen molar-refractivity contribution in [3.63, 3.8) is 0 Å². The second-order valence-corrected chi connectivity index (χ2v) is 4.99. The van der Waals surface area contributed by atoms with Crippen molar-refractivity contribution >= 4 is 0 Å². The van der Waals surface area contributed by atoms with Crippen LogP contribution in [0.25, 0.3) is 0 Å². The van der Waals surface area contributed by atoms with Gasteiger partial charge in [0.1, 0.15) is 11.5 Å². The number of aryl methyl sites for hydroxylation is 1. The summed E-state index contributed by atoms with van der Waals surface area (Å²) in [5.74, 6) is 2.53. The number of benzene rings is 2. The number of rotatable bonds is 5. The lowest BCUT2D eigenvalue weighted by atomic mass is 10.0. The van der Waals surface area contributed by atoms with E-state index in [-0.39, 0.29) is 0 Å². The van der Waals surface area contributed by atoms with Gasteiger partial charge in [0.15, 0.2) is 0 Å². The van der Waals surface area contributed by atoms with Crippen LogP contribution in [0.2, 0.25) is 0 Å². The molecule has 0 aromatic heterocycles. The van der Waals surface area contributed by atoms with Crippen molar-refractivity contribution in [2.45, 2.75) is 26.7 Å². The normalized spacial score (nSPS) is 10.6. The minimum atomic E-state index is 0.755. The molecule has 94 valence electrons. The summed E-state index contributed by atoms with van der Waals surface area (Å²) in [5.41, 5.74) is 1.38. The molecule has 0 saturated carbocycles. The first-order valence-corrected chi connectivity index (χ1v) is 6.56. The average molecular weight is 240 g/mol. The van der Waals surface area contributed by atoms with Gasteiger partial charge in [-0.25, -0.2) is 0 Å². The molecule has 0 aliphatic rings. The minimum absolute atomic E-state index is 0.755. The molecule has 18 heavy (non-hydrogen) atoms. The molecule has 2 aromatic rings. The van der Waals surface area contributed by atoms with Crippen molar-refractivity contribution in [2.24, 2.45) is 5.92 Å². The average Bonchev–Trinajstić information content (AvgIpc) is 2.39. The van der Waals surface area contributed by atoms with Gasteiger partial charge in [-0.3, -0.25) is 0 Å². The molecule has 1 nitrogen and oxygen atoms in total.